The number of hydrogen-bond acceptors (Lipinski definition) is 5. The molecule has 5 fully saturated rings. The number of rotatable bonds is 4. The first-order valence-electron chi connectivity index (χ1n) is 10.4. The van der Waals surface area contributed by atoms with E-state index in [2.05, 4.69) is 5.32 Å². The molecule has 4 aliphatic carbocycles. The lowest BCUT2D eigenvalue weighted by molar-refractivity contribution is -0.153. The molecule has 1 amide bonds. The zero-order chi connectivity index (χ0) is 19.6. The summed E-state index contributed by atoms with van der Waals surface area (Å²) < 4.78 is 27.2. The molecule has 4 bridgehead atoms. The van der Waals surface area contributed by atoms with Crippen molar-refractivity contribution in [2.24, 2.45) is 17.8 Å². The third-order valence-electron chi connectivity index (χ3n) is 7.33. The zero-order valence-electron chi connectivity index (χ0n) is 16.0. The Bertz CT molecular complexity index is 845. The molecule has 1 saturated heterocycles. The number of piperidine rings is 1. The van der Waals surface area contributed by atoms with Crippen LogP contribution in [0.15, 0.2) is 21.7 Å². The zero-order valence-corrected chi connectivity index (χ0v) is 17.6. The average molecular weight is 425 g/mol. The Morgan fingerprint density at radius 2 is 1.86 bits per heavy atom. The highest BCUT2D eigenvalue weighted by molar-refractivity contribution is 7.91. The van der Waals surface area contributed by atoms with Gasteiger partial charge in [-0.15, -0.1) is 11.3 Å². The normalized spacial score (nSPS) is 38.6. The molecule has 2 heterocycles. The van der Waals surface area contributed by atoms with Crippen LogP contribution in [0.25, 0.3) is 0 Å². The second-order valence-corrected chi connectivity index (χ2v) is 12.7. The fourth-order valence-electron chi connectivity index (χ4n) is 6.62. The first-order valence-corrected chi connectivity index (χ1v) is 12.7. The van der Waals surface area contributed by atoms with E-state index in [9.17, 15) is 18.3 Å². The van der Waals surface area contributed by atoms with Crippen LogP contribution in [-0.4, -0.2) is 48.0 Å². The molecule has 4 saturated carbocycles. The van der Waals surface area contributed by atoms with Gasteiger partial charge < -0.3 is 10.4 Å². The summed E-state index contributed by atoms with van der Waals surface area (Å²) in [4.78, 5) is 13.0. The fourth-order valence-corrected chi connectivity index (χ4v) is 9.23. The van der Waals surface area contributed by atoms with E-state index in [1.165, 1.54) is 22.1 Å². The lowest BCUT2D eigenvalue weighted by atomic mass is 9.51. The Hall–Kier alpha value is -0.960. The van der Waals surface area contributed by atoms with E-state index in [-0.39, 0.29) is 17.4 Å². The van der Waals surface area contributed by atoms with Crippen molar-refractivity contribution in [3.8, 4) is 0 Å². The maximum atomic E-state index is 13.0. The van der Waals surface area contributed by atoms with E-state index in [1.807, 2.05) is 0 Å². The number of carbonyl (C=O) groups excluding carboxylic acids is 1. The Morgan fingerprint density at radius 1 is 1.18 bits per heavy atom. The summed E-state index contributed by atoms with van der Waals surface area (Å²) in [6.45, 7) is 0.779. The van der Waals surface area contributed by atoms with Crippen molar-refractivity contribution in [1.29, 1.82) is 0 Å². The summed E-state index contributed by atoms with van der Waals surface area (Å²) >= 11 is 1.23. The van der Waals surface area contributed by atoms with Gasteiger partial charge in [0.2, 0.25) is 5.91 Å². The second kappa shape index (κ2) is 6.52. The predicted molar refractivity (Wildman–Crippen MR) is 106 cm³/mol. The highest BCUT2D eigenvalue weighted by Gasteiger charge is 2.57. The lowest BCUT2D eigenvalue weighted by Gasteiger charge is -2.60. The molecule has 0 aromatic carbocycles. The highest BCUT2D eigenvalue weighted by Crippen LogP contribution is 2.57. The van der Waals surface area contributed by atoms with E-state index < -0.39 is 15.6 Å². The molecule has 2 N–H and O–H groups in total. The number of thiophene rings is 1. The van der Waals surface area contributed by atoms with Gasteiger partial charge in [-0.05, 0) is 74.6 Å². The molecule has 5 aliphatic rings. The third-order valence-corrected chi connectivity index (χ3v) is 10.6. The first-order chi connectivity index (χ1) is 13.3. The van der Waals surface area contributed by atoms with Crippen LogP contribution < -0.4 is 5.32 Å². The summed E-state index contributed by atoms with van der Waals surface area (Å²) in [5, 5.41) is 16.0. The van der Waals surface area contributed by atoms with Crippen LogP contribution in [0.4, 0.5) is 0 Å². The van der Waals surface area contributed by atoms with E-state index in [0.29, 0.717) is 48.4 Å². The molecule has 1 aromatic heterocycles. The van der Waals surface area contributed by atoms with Crippen LogP contribution in [0.2, 0.25) is 0 Å². The minimum Gasteiger partial charge on any atom is -0.390 e. The van der Waals surface area contributed by atoms with Crippen molar-refractivity contribution >= 4 is 27.3 Å². The van der Waals surface area contributed by atoms with Crippen molar-refractivity contribution in [2.45, 2.75) is 66.7 Å². The summed E-state index contributed by atoms with van der Waals surface area (Å²) in [5.74, 6) is 0.977. The standard InChI is InChI=1S/C20H28N2O4S2/c23-18(21-19-9-14-8-15(10-19)12-20(24,11-14)13-19)16-3-5-22(6-4-16)28(25,26)17-2-1-7-27-17/h1-2,7,14-16,24H,3-6,8-13H2,(H,21,23). The average Bonchev–Trinajstić information content (AvgIpc) is 3.14. The number of carbonyl (C=O) groups is 1. The highest BCUT2D eigenvalue weighted by atomic mass is 32.2. The van der Waals surface area contributed by atoms with E-state index >= 15 is 0 Å². The molecule has 1 aromatic rings. The molecule has 0 radical (unpaired) electrons. The quantitative estimate of drug-likeness (QED) is 0.777. The topological polar surface area (TPSA) is 86.7 Å². The lowest BCUT2D eigenvalue weighted by Crippen LogP contribution is -2.66. The van der Waals surface area contributed by atoms with Crippen LogP contribution in [-0.2, 0) is 14.8 Å². The molecule has 8 heteroatoms. The maximum Gasteiger partial charge on any atom is 0.252 e. The molecule has 1 aliphatic heterocycles. The van der Waals surface area contributed by atoms with Gasteiger partial charge in [-0.3, -0.25) is 4.79 Å². The molecular weight excluding hydrogens is 396 g/mol. The second-order valence-electron chi connectivity index (χ2n) is 9.57. The van der Waals surface area contributed by atoms with Crippen molar-refractivity contribution in [1.82, 2.24) is 9.62 Å². The van der Waals surface area contributed by atoms with Crippen LogP contribution in [0, 0.1) is 17.8 Å². The maximum absolute atomic E-state index is 13.0. The summed E-state index contributed by atoms with van der Waals surface area (Å²) in [7, 11) is -3.43. The smallest absolute Gasteiger partial charge is 0.252 e. The molecule has 28 heavy (non-hydrogen) atoms. The van der Waals surface area contributed by atoms with Gasteiger partial charge in [-0.25, -0.2) is 8.42 Å². The number of sulfonamides is 1. The van der Waals surface area contributed by atoms with Crippen LogP contribution in [0.5, 0.6) is 0 Å². The number of hydrogen-bond donors (Lipinski definition) is 2. The monoisotopic (exact) mass is 424 g/mol. The Balaban J connectivity index is 1.22. The van der Waals surface area contributed by atoms with Gasteiger partial charge in [0.05, 0.1) is 5.60 Å². The Kier molecular flexibility index (Phi) is 4.43. The van der Waals surface area contributed by atoms with Gasteiger partial charge in [0.25, 0.3) is 10.0 Å². The van der Waals surface area contributed by atoms with Crippen LogP contribution in [0.1, 0.15) is 51.4 Å². The largest absolute Gasteiger partial charge is 0.390 e. The van der Waals surface area contributed by atoms with Gasteiger partial charge >= 0.3 is 0 Å². The van der Waals surface area contributed by atoms with Gasteiger partial charge in [0.15, 0.2) is 0 Å². The SMILES string of the molecule is O=C(NC12CC3CC(CC(O)(C3)C1)C2)C1CCN(S(=O)(=O)c2cccs2)CC1. The number of aliphatic hydroxyl groups is 1. The van der Waals surface area contributed by atoms with Gasteiger partial charge in [-0.1, -0.05) is 6.07 Å². The fraction of sp³-hybridized carbons (Fsp3) is 0.750. The van der Waals surface area contributed by atoms with Crippen LogP contribution in [0.3, 0.4) is 0 Å². The van der Waals surface area contributed by atoms with Gasteiger partial charge in [0, 0.05) is 24.5 Å². The molecule has 2 unspecified atom stereocenters. The Labute approximate surface area is 170 Å². The van der Waals surface area contributed by atoms with Crippen molar-refractivity contribution in [2.75, 3.05) is 13.1 Å². The van der Waals surface area contributed by atoms with Crippen molar-refractivity contribution in [3.63, 3.8) is 0 Å². The molecule has 154 valence electrons. The molecule has 6 rings (SSSR count). The first kappa shape index (κ1) is 19.0. The predicted octanol–water partition coefficient (Wildman–Crippen LogP) is 2.35. The van der Waals surface area contributed by atoms with E-state index in [4.69, 9.17) is 0 Å². The van der Waals surface area contributed by atoms with E-state index in [0.717, 1.165) is 25.7 Å². The minimum atomic E-state index is -3.43. The van der Waals surface area contributed by atoms with E-state index in [1.54, 1.807) is 17.5 Å². The molecule has 0 spiro atoms. The number of amides is 1. The summed E-state index contributed by atoms with van der Waals surface area (Å²) in [6.07, 6.45) is 6.75. The molecular formula is C20H28N2O4S2. The van der Waals surface area contributed by atoms with Crippen molar-refractivity contribution < 1.29 is 18.3 Å². The molecule has 2 atom stereocenters. The minimum absolute atomic E-state index is 0.0544. The van der Waals surface area contributed by atoms with Gasteiger partial charge in [0.1, 0.15) is 4.21 Å². The Morgan fingerprint density at radius 3 is 2.43 bits per heavy atom. The van der Waals surface area contributed by atoms with Gasteiger partial charge in [-0.2, -0.15) is 4.31 Å². The summed E-state index contributed by atoms with van der Waals surface area (Å²) in [6, 6.07) is 3.38. The number of nitrogens with zero attached hydrogens (tertiary/aromatic N) is 1. The van der Waals surface area contributed by atoms with Crippen LogP contribution >= 0.6 is 11.3 Å². The third kappa shape index (κ3) is 3.22. The number of nitrogens with one attached hydrogen (secondary N) is 1. The van der Waals surface area contributed by atoms with Crippen molar-refractivity contribution in [3.05, 3.63) is 17.5 Å². The summed E-state index contributed by atoms with van der Waals surface area (Å²) in [5.41, 5.74) is -0.828. The molecule has 6 nitrogen and oxygen atoms in total.